The lowest BCUT2D eigenvalue weighted by Gasteiger charge is -2.38. The summed E-state index contributed by atoms with van der Waals surface area (Å²) in [7, 11) is 0. The van der Waals surface area contributed by atoms with Crippen LogP contribution in [-0.2, 0) is 6.42 Å². The molecule has 0 spiro atoms. The SMILES string of the molecule is CC(CN)(Cc1cccc(O)c1)N1CCCC1. The van der Waals surface area contributed by atoms with E-state index in [1.165, 1.54) is 12.8 Å². The van der Waals surface area contributed by atoms with Crippen molar-refractivity contribution in [2.75, 3.05) is 19.6 Å². The smallest absolute Gasteiger partial charge is 0.115 e. The molecule has 3 nitrogen and oxygen atoms in total. The lowest BCUT2D eigenvalue weighted by Crippen LogP contribution is -2.51. The molecular weight excluding hydrogens is 212 g/mol. The number of hydrogen-bond acceptors (Lipinski definition) is 3. The lowest BCUT2D eigenvalue weighted by molar-refractivity contribution is 0.143. The van der Waals surface area contributed by atoms with Crippen molar-refractivity contribution in [3.05, 3.63) is 29.8 Å². The minimum Gasteiger partial charge on any atom is -0.508 e. The lowest BCUT2D eigenvalue weighted by atomic mass is 9.91. The largest absolute Gasteiger partial charge is 0.508 e. The van der Waals surface area contributed by atoms with Gasteiger partial charge >= 0.3 is 0 Å². The van der Waals surface area contributed by atoms with Gasteiger partial charge in [0.05, 0.1) is 0 Å². The predicted molar refractivity (Wildman–Crippen MR) is 70.1 cm³/mol. The Hall–Kier alpha value is -1.06. The third-order valence-corrected chi connectivity index (χ3v) is 3.80. The van der Waals surface area contributed by atoms with Crippen molar-refractivity contribution in [1.82, 2.24) is 4.90 Å². The van der Waals surface area contributed by atoms with Gasteiger partial charge in [0, 0.05) is 12.1 Å². The van der Waals surface area contributed by atoms with Gasteiger partial charge in [-0.2, -0.15) is 0 Å². The fourth-order valence-corrected chi connectivity index (χ4v) is 2.68. The zero-order chi connectivity index (χ0) is 12.3. The Balaban J connectivity index is 2.13. The molecule has 1 saturated heterocycles. The number of hydrogen-bond donors (Lipinski definition) is 2. The third kappa shape index (κ3) is 2.79. The van der Waals surface area contributed by atoms with Crippen LogP contribution in [0.4, 0.5) is 0 Å². The molecule has 3 N–H and O–H groups in total. The van der Waals surface area contributed by atoms with E-state index in [0.717, 1.165) is 25.1 Å². The van der Waals surface area contributed by atoms with Gasteiger partial charge in [0.2, 0.25) is 0 Å². The van der Waals surface area contributed by atoms with E-state index in [0.29, 0.717) is 12.3 Å². The molecule has 1 atom stereocenters. The number of aromatic hydroxyl groups is 1. The number of phenols is 1. The summed E-state index contributed by atoms with van der Waals surface area (Å²) in [4.78, 5) is 2.48. The van der Waals surface area contributed by atoms with E-state index in [2.05, 4.69) is 17.9 Å². The molecule has 94 valence electrons. The average Bonchev–Trinajstić information content (AvgIpc) is 2.83. The monoisotopic (exact) mass is 234 g/mol. The molecule has 0 bridgehead atoms. The Morgan fingerprint density at radius 1 is 1.35 bits per heavy atom. The number of nitrogens with zero attached hydrogens (tertiary/aromatic N) is 1. The molecule has 2 rings (SSSR count). The molecule has 17 heavy (non-hydrogen) atoms. The zero-order valence-corrected chi connectivity index (χ0v) is 10.5. The number of likely N-dealkylation sites (tertiary alicyclic amines) is 1. The molecule has 1 aliphatic rings. The topological polar surface area (TPSA) is 49.5 Å². The van der Waals surface area contributed by atoms with Gasteiger partial charge in [0.25, 0.3) is 0 Å². The molecule has 1 unspecified atom stereocenters. The molecule has 1 aliphatic heterocycles. The second kappa shape index (κ2) is 5.07. The molecule has 0 radical (unpaired) electrons. The molecule has 3 heteroatoms. The van der Waals surface area contributed by atoms with Crippen LogP contribution in [0, 0.1) is 0 Å². The molecule has 0 aromatic heterocycles. The van der Waals surface area contributed by atoms with Crippen LogP contribution in [0.25, 0.3) is 0 Å². The number of nitrogens with two attached hydrogens (primary N) is 1. The summed E-state index contributed by atoms with van der Waals surface area (Å²) >= 11 is 0. The van der Waals surface area contributed by atoms with Crippen molar-refractivity contribution in [1.29, 1.82) is 0 Å². The van der Waals surface area contributed by atoms with Crippen LogP contribution in [0.1, 0.15) is 25.3 Å². The molecular formula is C14H22N2O. The summed E-state index contributed by atoms with van der Waals surface area (Å²) < 4.78 is 0. The first-order valence-electron chi connectivity index (χ1n) is 6.37. The highest BCUT2D eigenvalue weighted by molar-refractivity contribution is 5.28. The van der Waals surface area contributed by atoms with E-state index in [1.807, 2.05) is 12.1 Å². The van der Waals surface area contributed by atoms with Crippen molar-refractivity contribution >= 4 is 0 Å². The molecule has 0 amide bonds. The first-order chi connectivity index (χ1) is 8.14. The van der Waals surface area contributed by atoms with Gasteiger partial charge in [-0.3, -0.25) is 4.90 Å². The van der Waals surface area contributed by atoms with E-state index in [1.54, 1.807) is 6.07 Å². The van der Waals surface area contributed by atoms with E-state index in [9.17, 15) is 5.11 Å². The zero-order valence-electron chi connectivity index (χ0n) is 10.5. The average molecular weight is 234 g/mol. The van der Waals surface area contributed by atoms with Crippen LogP contribution < -0.4 is 5.73 Å². The van der Waals surface area contributed by atoms with E-state index < -0.39 is 0 Å². The Kier molecular flexibility index (Phi) is 3.69. The van der Waals surface area contributed by atoms with Gasteiger partial charge < -0.3 is 10.8 Å². The van der Waals surface area contributed by atoms with Crippen LogP contribution >= 0.6 is 0 Å². The number of phenolic OH excluding ortho intramolecular Hbond substituents is 1. The first kappa shape index (κ1) is 12.4. The van der Waals surface area contributed by atoms with Gasteiger partial charge in [-0.05, 0) is 57.0 Å². The standard InChI is InChI=1S/C14H22N2O/c1-14(11-15,16-7-2-3-8-16)10-12-5-4-6-13(17)9-12/h4-6,9,17H,2-3,7-8,10-11,15H2,1H3. The highest BCUT2D eigenvalue weighted by Crippen LogP contribution is 2.25. The Morgan fingerprint density at radius 3 is 2.65 bits per heavy atom. The second-order valence-corrected chi connectivity index (χ2v) is 5.24. The quantitative estimate of drug-likeness (QED) is 0.834. The van der Waals surface area contributed by atoms with Crippen LogP contribution in [0.5, 0.6) is 5.75 Å². The van der Waals surface area contributed by atoms with E-state index in [4.69, 9.17) is 5.73 Å². The minimum atomic E-state index is 0.0181. The Morgan fingerprint density at radius 2 is 2.06 bits per heavy atom. The summed E-state index contributed by atoms with van der Waals surface area (Å²) in [5.41, 5.74) is 7.14. The van der Waals surface area contributed by atoms with Gasteiger partial charge in [-0.1, -0.05) is 12.1 Å². The second-order valence-electron chi connectivity index (χ2n) is 5.24. The van der Waals surface area contributed by atoms with Crippen LogP contribution in [-0.4, -0.2) is 35.2 Å². The van der Waals surface area contributed by atoms with Gasteiger partial charge in [0.1, 0.15) is 5.75 Å². The van der Waals surface area contributed by atoms with Crippen molar-refractivity contribution < 1.29 is 5.11 Å². The summed E-state index contributed by atoms with van der Waals surface area (Å²) in [6.45, 7) is 5.17. The molecule has 1 fully saturated rings. The van der Waals surface area contributed by atoms with Gasteiger partial charge in [0.15, 0.2) is 0 Å². The van der Waals surface area contributed by atoms with E-state index >= 15 is 0 Å². The van der Waals surface area contributed by atoms with Crippen molar-refractivity contribution in [3.63, 3.8) is 0 Å². The van der Waals surface area contributed by atoms with Crippen LogP contribution in [0.15, 0.2) is 24.3 Å². The fourth-order valence-electron chi connectivity index (χ4n) is 2.68. The normalized spacial score (nSPS) is 20.4. The summed E-state index contributed by atoms with van der Waals surface area (Å²) in [6, 6.07) is 7.50. The summed E-state index contributed by atoms with van der Waals surface area (Å²) in [5, 5.41) is 9.50. The van der Waals surface area contributed by atoms with Crippen molar-refractivity contribution in [2.24, 2.45) is 5.73 Å². The van der Waals surface area contributed by atoms with Gasteiger partial charge in [-0.15, -0.1) is 0 Å². The van der Waals surface area contributed by atoms with Crippen LogP contribution in [0.2, 0.25) is 0 Å². The number of benzene rings is 1. The van der Waals surface area contributed by atoms with Gasteiger partial charge in [-0.25, -0.2) is 0 Å². The first-order valence-corrected chi connectivity index (χ1v) is 6.37. The molecule has 0 saturated carbocycles. The summed E-state index contributed by atoms with van der Waals surface area (Å²) in [5.74, 6) is 0.336. The maximum absolute atomic E-state index is 9.50. The minimum absolute atomic E-state index is 0.0181. The molecule has 1 heterocycles. The fraction of sp³-hybridized carbons (Fsp3) is 0.571. The Labute approximate surface area is 103 Å². The predicted octanol–water partition coefficient (Wildman–Crippen LogP) is 1.75. The van der Waals surface area contributed by atoms with Crippen molar-refractivity contribution in [2.45, 2.75) is 31.7 Å². The highest BCUT2D eigenvalue weighted by atomic mass is 16.3. The summed E-state index contributed by atoms with van der Waals surface area (Å²) in [6.07, 6.45) is 3.45. The number of rotatable bonds is 4. The third-order valence-electron chi connectivity index (χ3n) is 3.80. The maximum Gasteiger partial charge on any atom is 0.115 e. The Bertz CT molecular complexity index is 374. The van der Waals surface area contributed by atoms with Crippen LogP contribution in [0.3, 0.4) is 0 Å². The maximum atomic E-state index is 9.50. The molecule has 0 aliphatic carbocycles. The molecule has 1 aromatic carbocycles. The highest BCUT2D eigenvalue weighted by Gasteiger charge is 2.32. The molecule has 1 aromatic rings. The van der Waals surface area contributed by atoms with E-state index in [-0.39, 0.29) is 5.54 Å². The van der Waals surface area contributed by atoms with Crippen molar-refractivity contribution in [3.8, 4) is 5.75 Å².